The van der Waals surface area contributed by atoms with Crippen molar-refractivity contribution in [2.24, 2.45) is 0 Å². The van der Waals surface area contributed by atoms with Gasteiger partial charge in [0.1, 0.15) is 5.82 Å². The zero-order valence-corrected chi connectivity index (χ0v) is 39.2. The van der Waals surface area contributed by atoms with E-state index in [0.717, 1.165) is 66.9 Å². The van der Waals surface area contributed by atoms with Crippen LogP contribution in [-0.2, 0) is 0 Å². The van der Waals surface area contributed by atoms with Crippen LogP contribution in [0.5, 0.6) is 0 Å². The number of aromatic nitrogens is 8. The fourth-order valence-corrected chi connectivity index (χ4v) is 17.7. The maximum Gasteiger partial charge on any atom is 0.239 e. The lowest BCUT2D eigenvalue weighted by molar-refractivity contribution is 0.930. The van der Waals surface area contributed by atoms with Crippen molar-refractivity contribution in [2.75, 3.05) is 0 Å². The normalized spacial score (nSPS) is 12.3. The molecule has 0 saturated heterocycles. The summed E-state index contributed by atoms with van der Waals surface area (Å²) in [4.78, 5) is 21.6. The van der Waals surface area contributed by atoms with Crippen molar-refractivity contribution in [3.63, 3.8) is 0 Å². The molecule has 0 fully saturated rings. The monoisotopic (exact) mass is 930 g/mol. The van der Waals surface area contributed by atoms with Crippen LogP contribution in [0.3, 0.4) is 0 Å². The van der Waals surface area contributed by atoms with Gasteiger partial charge in [-0.1, -0.05) is 170 Å². The highest BCUT2D eigenvalue weighted by molar-refractivity contribution is 7.30. The van der Waals surface area contributed by atoms with Gasteiger partial charge in [0.15, 0.2) is 8.07 Å². The first-order valence-corrected chi connectivity index (χ1v) is 26.3. The van der Waals surface area contributed by atoms with Crippen molar-refractivity contribution in [3.05, 3.63) is 231 Å². The van der Waals surface area contributed by atoms with Crippen molar-refractivity contribution in [1.29, 1.82) is 0 Å². The lowest BCUT2D eigenvalue weighted by Gasteiger charge is -2.35. The Kier molecular flexibility index (Phi) is 8.38. The van der Waals surface area contributed by atoms with Crippen LogP contribution in [-0.4, -0.2) is 45.9 Å². The Hall–Kier alpha value is -8.96. The number of rotatable bonds is 7. The highest BCUT2D eigenvalue weighted by Crippen LogP contribution is 2.36. The number of thiophene rings is 1. The number of hydrogen-bond acceptors (Lipinski definition) is 5. The van der Waals surface area contributed by atoms with E-state index in [0.29, 0.717) is 11.8 Å². The molecule has 10 heteroatoms. The van der Waals surface area contributed by atoms with Crippen LogP contribution in [0.15, 0.2) is 231 Å². The number of imidazole rings is 4. The third-order valence-electron chi connectivity index (χ3n) is 14.2. The molecule has 0 amide bonds. The summed E-state index contributed by atoms with van der Waals surface area (Å²) >= 11 is 1.90. The minimum Gasteiger partial charge on any atom is -0.276 e. The van der Waals surface area contributed by atoms with Crippen LogP contribution in [0.1, 0.15) is 0 Å². The first-order chi connectivity index (χ1) is 34.7. The minimum atomic E-state index is -2.97. The Morgan fingerprint density at radius 2 is 0.871 bits per heavy atom. The van der Waals surface area contributed by atoms with Gasteiger partial charge < -0.3 is 0 Å². The smallest absolute Gasteiger partial charge is 0.239 e. The summed E-state index contributed by atoms with van der Waals surface area (Å²) in [5.74, 6) is 2.73. The molecule has 0 N–H and O–H groups in total. The predicted molar refractivity (Wildman–Crippen MR) is 290 cm³/mol. The zero-order chi connectivity index (χ0) is 45.9. The molecule has 6 aromatic heterocycles. The third kappa shape index (κ3) is 5.51. The molecule has 0 spiro atoms. The maximum absolute atomic E-state index is 5.53. The Morgan fingerprint density at radius 3 is 1.51 bits per heavy atom. The Bertz CT molecular complexity index is 4340. The van der Waals surface area contributed by atoms with E-state index in [-0.39, 0.29) is 0 Å². The third-order valence-corrected chi connectivity index (χ3v) is 20.4. The number of para-hydroxylation sites is 8. The molecule has 6 heterocycles. The summed E-state index contributed by atoms with van der Waals surface area (Å²) in [5.41, 5.74) is 9.66. The minimum absolute atomic E-state index is 0.513. The second-order valence-electron chi connectivity index (χ2n) is 17.9. The molecule has 8 nitrogen and oxygen atoms in total. The second kappa shape index (κ2) is 15.0. The summed E-state index contributed by atoms with van der Waals surface area (Å²) < 4.78 is 11.4. The van der Waals surface area contributed by atoms with E-state index >= 15 is 0 Å². The van der Waals surface area contributed by atoms with Gasteiger partial charge in [0.25, 0.3) is 0 Å². The summed E-state index contributed by atoms with van der Waals surface area (Å²) in [6.07, 6.45) is 0. The number of benzene rings is 9. The molecule has 0 unspecified atom stereocenters. The molecule has 0 aliphatic rings. The molecule has 0 atom stereocenters. The molecule has 0 bridgehead atoms. The predicted octanol–water partition coefficient (Wildman–Crippen LogP) is 11.4. The van der Waals surface area contributed by atoms with Crippen molar-refractivity contribution >= 4 is 116 Å². The van der Waals surface area contributed by atoms with Crippen LogP contribution >= 0.6 is 11.3 Å². The SMILES string of the molecule is c1ccc([Si](c2ccccc2)(c2ccc(-c3cc(-n4c5ccccc5n5c6ccccc6nc45)nc(-n4c5ccccc5n5c6ccccc6nc45)n3)cc2)c2cccc3c2sc2ccccc23)cc1. The summed E-state index contributed by atoms with van der Waals surface area (Å²) in [7, 11) is -2.97. The molecule has 0 saturated carbocycles. The molecule has 0 radical (unpaired) electrons. The molecule has 0 aliphatic carbocycles. The Labute approximate surface area is 405 Å². The van der Waals surface area contributed by atoms with Crippen molar-refractivity contribution < 1.29 is 0 Å². The van der Waals surface area contributed by atoms with Gasteiger partial charge in [-0.05, 0) is 75.3 Å². The molecule has 15 rings (SSSR count). The highest BCUT2D eigenvalue weighted by Gasteiger charge is 2.43. The first kappa shape index (κ1) is 39.1. The van der Waals surface area contributed by atoms with Gasteiger partial charge in [-0.15, -0.1) is 11.3 Å². The van der Waals surface area contributed by atoms with Crippen molar-refractivity contribution in [3.8, 4) is 23.0 Å². The van der Waals surface area contributed by atoms with E-state index in [1.54, 1.807) is 0 Å². The molecule has 0 aliphatic heterocycles. The number of fused-ring (bicyclic) bond motifs is 13. The average Bonchev–Trinajstić information content (AvgIpc) is 4.24. The Morgan fingerprint density at radius 1 is 0.371 bits per heavy atom. The first-order valence-electron chi connectivity index (χ1n) is 23.5. The average molecular weight is 931 g/mol. The van der Waals surface area contributed by atoms with Gasteiger partial charge in [0.2, 0.25) is 17.5 Å². The van der Waals surface area contributed by atoms with Crippen LogP contribution < -0.4 is 20.7 Å². The zero-order valence-electron chi connectivity index (χ0n) is 37.4. The van der Waals surface area contributed by atoms with Crippen LogP contribution in [0.4, 0.5) is 0 Å². The number of nitrogens with zero attached hydrogens (tertiary/aromatic N) is 8. The van der Waals surface area contributed by atoms with Crippen molar-refractivity contribution in [2.45, 2.75) is 0 Å². The van der Waals surface area contributed by atoms with E-state index in [4.69, 9.17) is 19.9 Å². The topological polar surface area (TPSA) is 70.2 Å². The van der Waals surface area contributed by atoms with Gasteiger partial charge in [-0.3, -0.25) is 13.4 Å². The molecule has 15 aromatic rings. The molecular weight excluding hydrogens is 893 g/mol. The second-order valence-corrected chi connectivity index (χ2v) is 22.7. The van der Waals surface area contributed by atoms with Crippen LogP contribution in [0, 0.1) is 0 Å². The van der Waals surface area contributed by atoms with Crippen molar-refractivity contribution in [1.82, 2.24) is 37.9 Å². The van der Waals surface area contributed by atoms with Gasteiger partial charge in [0, 0.05) is 31.8 Å². The van der Waals surface area contributed by atoms with Gasteiger partial charge in [-0.25, -0.2) is 19.5 Å². The molecule has 9 aromatic carbocycles. The van der Waals surface area contributed by atoms with E-state index < -0.39 is 8.07 Å². The number of hydrogen-bond donors (Lipinski definition) is 0. The summed E-state index contributed by atoms with van der Waals surface area (Å²) in [6, 6.07) is 83.0. The largest absolute Gasteiger partial charge is 0.276 e. The van der Waals surface area contributed by atoms with E-state index in [1.807, 2.05) is 23.5 Å². The standard InChI is InChI=1S/C60H38N8SSi/c1-3-18-40(19-4-1)70(41-20-5-2-6-21-41,55-33-17-23-44-43-22-7-16-32-54(43)69-57(44)55)42-36-34-39(35-37-42)47-38-56(67-52-30-14-12-28-50(52)65-48-26-10-8-24-45(48)62-59(65)67)64-58(61-47)68-53-31-15-13-29-51(53)66-49-27-11-9-25-46(49)63-60(66)68/h1-38H. The van der Waals surface area contributed by atoms with Crippen LogP contribution in [0.2, 0.25) is 0 Å². The molecule has 328 valence electrons. The van der Waals surface area contributed by atoms with E-state index in [9.17, 15) is 0 Å². The lowest BCUT2D eigenvalue weighted by atomic mass is 10.1. The maximum atomic E-state index is 5.53. The quantitative estimate of drug-likeness (QED) is 0.118. The molecular formula is C60H38N8SSi. The van der Waals surface area contributed by atoms with Gasteiger partial charge >= 0.3 is 0 Å². The fourth-order valence-electron chi connectivity index (χ4n) is 11.2. The summed E-state index contributed by atoms with van der Waals surface area (Å²) in [6.45, 7) is 0. The lowest BCUT2D eigenvalue weighted by Crippen LogP contribution is -2.74. The summed E-state index contributed by atoms with van der Waals surface area (Å²) in [5, 5.41) is 7.93. The fraction of sp³-hybridized carbons (Fsp3) is 0. The van der Waals surface area contributed by atoms with E-state index in [2.05, 4.69) is 236 Å². The van der Waals surface area contributed by atoms with Gasteiger partial charge in [-0.2, -0.15) is 4.98 Å². The van der Waals surface area contributed by atoms with E-state index in [1.165, 1.54) is 40.9 Å². The van der Waals surface area contributed by atoms with Gasteiger partial charge in [0.05, 0.1) is 49.8 Å². The Balaban J connectivity index is 1.00. The van der Waals surface area contributed by atoms with Crippen LogP contribution in [0.25, 0.3) is 98.9 Å². The molecule has 70 heavy (non-hydrogen) atoms. The highest BCUT2D eigenvalue weighted by atomic mass is 32.1.